The molecule has 0 amide bonds. The molecule has 0 radical (unpaired) electrons. The maximum absolute atomic E-state index is 8.96. The van der Waals surface area contributed by atoms with Gasteiger partial charge in [0.15, 0.2) is 17.7 Å². The maximum atomic E-state index is 8.96. The highest BCUT2D eigenvalue weighted by atomic mass is 16.6. The van der Waals surface area contributed by atoms with E-state index >= 15 is 0 Å². The molecule has 0 spiro atoms. The van der Waals surface area contributed by atoms with E-state index in [1.54, 1.807) is 0 Å². The molecule has 0 bridgehead atoms. The van der Waals surface area contributed by atoms with E-state index in [1.165, 1.54) is 0 Å². The Labute approximate surface area is 63.5 Å². The monoisotopic (exact) mass is 164 g/mol. The molecule has 5 heteroatoms. The van der Waals surface area contributed by atoms with Crippen LogP contribution in [0.2, 0.25) is 0 Å². The van der Waals surface area contributed by atoms with Gasteiger partial charge in [0, 0.05) is 12.8 Å². The second-order valence-corrected chi connectivity index (χ2v) is 3.01. The quantitative estimate of drug-likeness (QED) is 0.264. The molecule has 5 N–H and O–H groups in total. The zero-order chi connectivity index (χ0) is 8.70. The number of aliphatic hydroxyl groups excluding tert-OH is 1. The minimum absolute atomic E-state index is 0.0446. The van der Waals surface area contributed by atoms with E-state index in [0.29, 0.717) is 0 Å². The number of hydrogen-bond donors (Lipinski definition) is 5. The number of aliphatic hydroxyl groups is 5. The molecule has 1 fully saturated rings. The van der Waals surface area contributed by atoms with Crippen molar-refractivity contribution in [3.8, 4) is 0 Å². The van der Waals surface area contributed by atoms with Crippen LogP contribution < -0.4 is 0 Å². The van der Waals surface area contributed by atoms with Gasteiger partial charge < -0.3 is 25.5 Å². The van der Waals surface area contributed by atoms with E-state index in [2.05, 4.69) is 0 Å². The van der Waals surface area contributed by atoms with E-state index in [4.69, 9.17) is 25.5 Å². The summed E-state index contributed by atoms with van der Waals surface area (Å²) < 4.78 is 0. The summed E-state index contributed by atoms with van der Waals surface area (Å²) in [6.07, 6.45) is -1.74. The molecule has 66 valence electrons. The summed E-state index contributed by atoms with van der Waals surface area (Å²) in [6.45, 7) is 0. The van der Waals surface area contributed by atoms with Crippen LogP contribution in [-0.4, -0.2) is 43.2 Å². The van der Waals surface area contributed by atoms with Crippen molar-refractivity contribution in [3.05, 3.63) is 0 Å². The first kappa shape index (κ1) is 8.89. The molecule has 0 unspecified atom stereocenters. The van der Waals surface area contributed by atoms with E-state index in [1.807, 2.05) is 0 Å². The summed E-state index contributed by atoms with van der Waals surface area (Å²) >= 11 is 0. The highest BCUT2D eigenvalue weighted by molar-refractivity contribution is 4.91. The Balaban J connectivity index is 2.76. The summed E-state index contributed by atoms with van der Waals surface area (Å²) in [5, 5.41) is 44.8. The summed E-state index contributed by atoms with van der Waals surface area (Å²) in [5.74, 6) is -4.75. The van der Waals surface area contributed by atoms with Crippen molar-refractivity contribution in [2.24, 2.45) is 0 Å². The lowest BCUT2D eigenvalue weighted by molar-refractivity contribution is -0.344. The Kier molecular flexibility index (Phi) is 1.94. The standard InChI is InChI=1S/C6H12O5/c7-4-5(8,9)2-1-3-6(4,10)11/h4,7-11H,1-3H2. The average molecular weight is 164 g/mol. The minimum Gasteiger partial charge on any atom is -0.382 e. The highest BCUT2D eigenvalue weighted by Gasteiger charge is 2.50. The van der Waals surface area contributed by atoms with Gasteiger partial charge in [0.2, 0.25) is 0 Å². The van der Waals surface area contributed by atoms with Gasteiger partial charge in [0.1, 0.15) is 0 Å². The van der Waals surface area contributed by atoms with Crippen LogP contribution in [0.4, 0.5) is 0 Å². The molecular formula is C6H12O5. The molecule has 0 aromatic heterocycles. The first-order chi connectivity index (χ1) is 4.86. The molecule has 5 nitrogen and oxygen atoms in total. The molecule has 0 aliphatic heterocycles. The molecular weight excluding hydrogens is 152 g/mol. The molecule has 11 heavy (non-hydrogen) atoms. The van der Waals surface area contributed by atoms with Crippen molar-refractivity contribution in [2.45, 2.75) is 36.9 Å². The van der Waals surface area contributed by atoms with E-state index < -0.39 is 17.7 Å². The zero-order valence-corrected chi connectivity index (χ0v) is 5.93. The van der Waals surface area contributed by atoms with E-state index in [-0.39, 0.29) is 19.3 Å². The summed E-state index contributed by atoms with van der Waals surface area (Å²) in [4.78, 5) is 0. The third-order valence-electron chi connectivity index (χ3n) is 1.97. The molecule has 0 saturated heterocycles. The van der Waals surface area contributed by atoms with Crippen LogP contribution >= 0.6 is 0 Å². The Bertz CT molecular complexity index is 137. The normalized spacial score (nSPS) is 30.3. The first-order valence-corrected chi connectivity index (χ1v) is 3.44. The van der Waals surface area contributed by atoms with E-state index in [9.17, 15) is 0 Å². The lowest BCUT2D eigenvalue weighted by Gasteiger charge is -2.40. The van der Waals surface area contributed by atoms with Crippen LogP contribution in [0.1, 0.15) is 19.3 Å². The molecule has 1 saturated carbocycles. The summed E-state index contributed by atoms with van der Waals surface area (Å²) in [5.41, 5.74) is 0. The predicted molar refractivity (Wildman–Crippen MR) is 34.2 cm³/mol. The van der Waals surface area contributed by atoms with Crippen molar-refractivity contribution in [2.75, 3.05) is 0 Å². The van der Waals surface area contributed by atoms with Gasteiger partial charge in [0.25, 0.3) is 0 Å². The molecule has 0 aromatic rings. The smallest absolute Gasteiger partial charge is 0.194 e. The molecule has 1 rings (SSSR count). The van der Waals surface area contributed by atoms with Gasteiger partial charge in [-0.2, -0.15) is 0 Å². The molecule has 0 aromatic carbocycles. The Morgan fingerprint density at radius 1 is 0.909 bits per heavy atom. The van der Waals surface area contributed by atoms with Gasteiger partial charge in [-0.1, -0.05) is 0 Å². The van der Waals surface area contributed by atoms with Crippen molar-refractivity contribution in [3.63, 3.8) is 0 Å². The van der Waals surface area contributed by atoms with Crippen LogP contribution in [-0.2, 0) is 0 Å². The molecule has 0 heterocycles. The lowest BCUT2D eigenvalue weighted by Crippen LogP contribution is -2.59. The third-order valence-corrected chi connectivity index (χ3v) is 1.97. The fourth-order valence-electron chi connectivity index (χ4n) is 1.25. The molecule has 1 aliphatic carbocycles. The van der Waals surface area contributed by atoms with Crippen molar-refractivity contribution < 1.29 is 25.5 Å². The van der Waals surface area contributed by atoms with Crippen molar-refractivity contribution in [1.29, 1.82) is 0 Å². The first-order valence-electron chi connectivity index (χ1n) is 3.44. The van der Waals surface area contributed by atoms with Gasteiger partial charge in [-0.3, -0.25) is 0 Å². The van der Waals surface area contributed by atoms with Crippen LogP contribution in [0, 0.1) is 0 Å². The van der Waals surface area contributed by atoms with Crippen molar-refractivity contribution >= 4 is 0 Å². The predicted octanol–water partition coefficient (Wildman–Crippen LogP) is -2.11. The van der Waals surface area contributed by atoms with E-state index in [0.717, 1.165) is 0 Å². The average Bonchev–Trinajstić information content (AvgIpc) is 1.82. The Morgan fingerprint density at radius 2 is 1.27 bits per heavy atom. The summed E-state index contributed by atoms with van der Waals surface area (Å²) in [6, 6.07) is 0. The fourth-order valence-corrected chi connectivity index (χ4v) is 1.25. The van der Waals surface area contributed by atoms with Crippen LogP contribution in [0.25, 0.3) is 0 Å². The van der Waals surface area contributed by atoms with Gasteiger partial charge in [0.05, 0.1) is 0 Å². The van der Waals surface area contributed by atoms with Crippen molar-refractivity contribution in [1.82, 2.24) is 0 Å². The third kappa shape index (κ3) is 1.52. The minimum atomic E-state index is -2.37. The fraction of sp³-hybridized carbons (Fsp3) is 1.00. The second-order valence-electron chi connectivity index (χ2n) is 3.01. The van der Waals surface area contributed by atoms with Crippen LogP contribution in [0.3, 0.4) is 0 Å². The number of hydrogen-bond acceptors (Lipinski definition) is 5. The zero-order valence-electron chi connectivity index (χ0n) is 5.93. The molecule has 0 atom stereocenters. The van der Waals surface area contributed by atoms with Crippen LogP contribution in [0.15, 0.2) is 0 Å². The second kappa shape index (κ2) is 2.40. The van der Waals surface area contributed by atoms with Gasteiger partial charge in [-0.05, 0) is 6.42 Å². The summed E-state index contributed by atoms with van der Waals surface area (Å²) in [7, 11) is 0. The topological polar surface area (TPSA) is 101 Å². The Morgan fingerprint density at radius 3 is 1.55 bits per heavy atom. The lowest BCUT2D eigenvalue weighted by atomic mass is 9.86. The maximum Gasteiger partial charge on any atom is 0.194 e. The highest BCUT2D eigenvalue weighted by Crippen LogP contribution is 2.32. The van der Waals surface area contributed by atoms with Gasteiger partial charge in [-0.25, -0.2) is 0 Å². The van der Waals surface area contributed by atoms with Gasteiger partial charge in [-0.15, -0.1) is 0 Å². The van der Waals surface area contributed by atoms with Crippen LogP contribution in [0.5, 0.6) is 0 Å². The molecule has 1 aliphatic rings. The number of rotatable bonds is 0. The van der Waals surface area contributed by atoms with Gasteiger partial charge >= 0.3 is 0 Å². The Hall–Kier alpha value is -0.200. The largest absolute Gasteiger partial charge is 0.382 e. The SMILES string of the molecule is OC1C(O)(O)CCCC1(O)O.